The van der Waals surface area contributed by atoms with Crippen molar-refractivity contribution in [1.82, 2.24) is 15.1 Å². The van der Waals surface area contributed by atoms with Gasteiger partial charge in [-0.15, -0.1) is 0 Å². The quantitative estimate of drug-likeness (QED) is 0.602. The van der Waals surface area contributed by atoms with E-state index in [1.807, 2.05) is 30.3 Å². The summed E-state index contributed by atoms with van der Waals surface area (Å²) in [4.78, 5) is 12.5. The third-order valence-corrected chi connectivity index (χ3v) is 5.30. The highest BCUT2D eigenvalue weighted by Gasteiger charge is 2.48. The largest absolute Gasteiger partial charge is 0.467 e. The van der Waals surface area contributed by atoms with E-state index in [9.17, 15) is 18.0 Å². The fourth-order valence-electron chi connectivity index (χ4n) is 3.46. The number of nitrogens with zero attached hydrogens (tertiary/aromatic N) is 2. The first-order chi connectivity index (χ1) is 14.3. The predicted molar refractivity (Wildman–Crippen MR) is 104 cm³/mol. The van der Waals surface area contributed by atoms with E-state index in [0.717, 1.165) is 10.2 Å². The number of fused-ring (bicyclic) bond motifs is 1. The minimum atomic E-state index is -4.57. The number of rotatable bonds is 5. The molecule has 1 aromatic carbocycles. The zero-order valence-electron chi connectivity index (χ0n) is 15.6. The van der Waals surface area contributed by atoms with Crippen LogP contribution in [0.25, 0.3) is 0 Å². The van der Waals surface area contributed by atoms with Crippen molar-refractivity contribution >= 4 is 23.3 Å². The second kappa shape index (κ2) is 8.06. The minimum Gasteiger partial charge on any atom is -0.467 e. The van der Waals surface area contributed by atoms with E-state index in [0.29, 0.717) is 18.7 Å². The Kier molecular flexibility index (Phi) is 5.46. The Balaban J connectivity index is 1.56. The van der Waals surface area contributed by atoms with Gasteiger partial charge in [-0.05, 0) is 24.1 Å². The number of halogens is 4. The lowest BCUT2D eigenvalue weighted by molar-refractivity contribution is -0.174. The van der Waals surface area contributed by atoms with Crippen LogP contribution in [-0.2, 0) is 6.42 Å². The molecule has 3 aromatic rings. The Hall–Kier alpha value is -2.94. The van der Waals surface area contributed by atoms with Crippen LogP contribution in [0.1, 0.15) is 40.3 Å². The van der Waals surface area contributed by atoms with Gasteiger partial charge in [0, 0.05) is 13.0 Å². The summed E-state index contributed by atoms with van der Waals surface area (Å²) in [6.07, 6.45) is -2.95. The average Bonchev–Trinajstić information content (AvgIpc) is 3.36. The highest BCUT2D eigenvalue weighted by molar-refractivity contribution is 6.36. The molecule has 2 N–H and O–H groups in total. The molecule has 0 bridgehead atoms. The van der Waals surface area contributed by atoms with E-state index >= 15 is 0 Å². The number of hydrogen-bond acceptors (Lipinski definition) is 4. The van der Waals surface area contributed by atoms with E-state index in [1.54, 1.807) is 12.1 Å². The summed E-state index contributed by atoms with van der Waals surface area (Å²) in [5.41, 5.74) is 0.773. The van der Waals surface area contributed by atoms with Gasteiger partial charge in [-0.3, -0.25) is 4.79 Å². The topological polar surface area (TPSA) is 72.1 Å². The summed E-state index contributed by atoms with van der Waals surface area (Å²) in [5, 5.41) is 9.33. The molecular weight excluding hydrogens is 421 g/mol. The zero-order valence-corrected chi connectivity index (χ0v) is 16.4. The molecule has 6 nitrogen and oxygen atoms in total. The molecular formula is C20H18ClF3N4O2. The number of anilines is 1. The van der Waals surface area contributed by atoms with Crippen LogP contribution in [0.3, 0.4) is 0 Å². The molecule has 30 heavy (non-hydrogen) atoms. The number of hydrogen-bond donors (Lipinski definition) is 2. The SMILES string of the molecule is O=C(NCCc1ccccc1)c1nn2c(c1Cl)NC(c1ccco1)CC2C(F)(F)F. The van der Waals surface area contributed by atoms with Crippen molar-refractivity contribution in [3.8, 4) is 0 Å². The molecule has 2 unspecified atom stereocenters. The maximum Gasteiger partial charge on any atom is 0.410 e. The van der Waals surface area contributed by atoms with Gasteiger partial charge in [0.05, 0.1) is 12.3 Å². The van der Waals surface area contributed by atoms with Crippen molar-refractivity contribution in [3.63, 3.8) is 0 Å². The number of nitrogens with one attached hydrogen (secondary N) is 2. The highest BCUT2D eigenvalue weighted by atomic mass is 35.5. The predicted octanol–water partition coefficient (Wildman–Crippen LogP) is 4.76. The Morgan fingerprint density at radius 3 is 2.70 bits per heavy atom. The van der Waals surface area contributed by atoms with Crippen molar-refractivity contribution < 1.29 is 22.4 Å². The lowest BCUT2D eigenvalue weighted by atomic mass is 10.0. The summed E-state index contributed by atoms with van der Waals surface area (Å²) >= 11 is 6.27. The van der Waals surface area contributed by atoms with Crippen LogP contribution >= 0.6 is 11.6 Å². The Labute approximate surface area is 175 Å². The summed E-state index contributed by atoms with van der Waals surface area (Å²) in [7, 11) is 0. The van der Waals surface area contributed by atoms with Crippen LogP contribution in [0, 0.1) is 0 Å². The first kappa shape index (κ1) is 20.3. The molecule has 2 atom stereocenters. The van der Waals surface area contributed by atoms with Crippen molar-refractivity contribution in [2.75, 3.05) is 11.9 Å². The van der Waals surface area contributed by atoms with Gasteiger partial charge in [-0.25, -0.2) is 4.68 Å². The van der Waals surface area contributed by atoms with E-state index in [4.69, 9.17) is 16.0 Å². The Morgan fingerprint density at radius 1 is 1.27 bits per heavy atom. The number of carbonyl (C=O) groups excluding carboxylic acids is 1. The number of furan rings is 1. The normalized spacial score (nSPS) is 18.5. The molecule has 10 heteroatoms. The molecule has 0 radical (unpaired) electrons. The van der Waals surface area contributed by atoms with E-state index in [-0.39, 0.29) is 23.0 Å². The molecule has 3 heterocycles. The van der Waals surface area contributed by atoms with Gasteiger partial charge in [-0.1, -0.05) is 41.9 Å². The number of aromatic nitrogens is 2. The summed E-state index contributed by atoms with van der Waals surface area (Å²) in [6, 6.07) is 9.99. The standard InChI is InChI=1S/C20H18ClF3N4O2/c21-16-17(19(29)25-9-8-12-5-2-1-3-6-12)27-28-15(20(22,23)24)11-13(26-18(16)28)14-7-4-10-30-14/h1-7,10,13,15,26H,8-9,11H2,(H,25,29). The van der Waals surface area contributed by atoms with E-state index in [1.165, 1.54) is 6.26 Å². The molecule has 0 fully saturated rings. The van der Waals surface area contributed by atoms with E-state index < -0.39 is 24.2 Å². The molecule has 4 rings (SSSR count). The maximum atomic E-state index is 13.7. The molecule has 2 aromatic heterocycles. The van der Waals surface area contributed by atoms with Crippen LogP contribution in [0.2, 0.25) is 5.02 Å². The minimum absolute atomic E-state index is 0.0557. The monoisotopic (exact) mass is 438 g/mol. The Morgan fingerprint density at radius 2 is 2.03 bits per heavy atom. The summed E-state index contributed by atoms with van der Waals surface area (Å²) < 4.78 is 47.1. The van der Waals surface area contributed by atoms with Crippen molar-refractivity contribution in [1.29, 1.82) is 0 Å². The number of benzene rings is 1. The fraction of sp³-hybridized carbons (Fsp3) is 0.300. The highest BCUT2D eigenvalue weighted by Crippen LogP contribution is 2.46. The van der Waals surface area contributed by atoms with Crippen LogP contribution in [0.4, 0.5) is 19.0 Å². The number of amides is 1. The molecule has 0 saturated carbocycles. The molecule has 1 aliphatic rings. The first-order valence-corrected chi connectivity index (χ1v) is 9.69. The second-order valence-electron chi connectivity index (χ2n) is 6.95. The molecule has 1 aliphatic heterocycles. The van der Waals surface area contributed by atoms with Crippen LogP contribution in [0.15, 0.2) is 53.1 Å². The number of carbonyl (C=O) groups is 1. The van der Waals surface area contributed by atoms with Gasteiger partial charge in [0.2, 0.25) is 0 Å². The first-order valence-electron chi connectivity index (χ1n) is 9.31. The molecule has 0 spiro atoms. The smallest absolute Gasteiger partial charge is 0.410 e. The van der Waals surface area contributed by atoms with Gasteiger partial charge in [-0.2, -0.15) is 18.3 Å². The second-order valence-corrected chi connectivity index (χ2v) is 7.33. The van der Waals surface area contributed by atoms with Crippen LogP contribution in [-0.4, -0.2) is 28.4 Å². The van der Waals surface area contributed by atoms with Gasteiger partial charge in [0.15, 0.2) is 11.7 Å². The number of alkyl halides is 3. The van der Waals surface area contributed by atoms with E-state index in [2.05, 4.69) is 15.7 Å². The lowest BCUT2D eigenvalue weighted by Crippen LogP contribution is -2.35. The van der Waals surface area contributed by atoms with Crippen LogP contribution in [0.5, 0.6) is 0 Å². The molecule has 158 valence electrons. The molecule has 0 aliphatic carbocycles. The average molecular weight is 439 g/mol. The van der Waals surface area contributed by atoms with Crippen molar-refractivity contribution in [2.24, 2.45) is 0 Å². The van der Waals surface area contributed by atoms with Crippen molar-refractivity contribution in [2.45, 2.75) is 31.1 Å². The summed E-state index contributed by atoms with van der Waals surface area (Å²) in [6.45, 7) is 0.298. The third kappa shape index (κ3) is 4.02. The van der Waals surface area contributed by atoms with Gasteiger partial charge >= 0.3 is 6.18 Å². The van der Waals surface area contributed by atoms with Crippen molar-refractivity contribution in [3.05, 3.63) is 70.8 Å². The third-order valence-electron chi connectivity index (χ3n) is 4.94. The molecule has 1 amide bonds. The van der Waals surface area contributed by atoms with Crippen LogP contribution < -0.4 is 10.6 Å². The Bertz CT molecular complexity index is 1020. The van der Waals surface area contributed by atoms with Gasteiger partial charge in [0.25, 0.3) is 5.91 Å². The van der Waals surface area contributed by atoms with Gasteiger partial charge < -0.3 is 15.1 Å². The zero-order chi connectivity index (χ0) is 21.3. The fourth-order valence-corrected chi connectivity index (χ4v) is 3.72. The summed E-state index contributed by atoms with van der Waals surface area (Å²) in [5.74, 6) is -0.336. The molecule has 0 saturated heterocycles. The maximum absolute atomic E-state index is 13.7. The van der Waals surface area contributed by atoms with Gasteiger partial charge in [0.1, 0.15) is 16.6 Å². The lowest BCUT2D eigenvalue weighted by Gasteiger charge is -2.32.